The van der Waals surface area contributed by atoms with Crippen molar-refractivity contribution in [2.45, 2.75) is 22.0 Å². The van der Waals surface area contributed by atoms with Crippen LogP contribution in [0.4, 0.5) is 17.1 Å². The van der Waals surface area contributed by atoms with Gasteiger partial charge >= 0.3 is 0 Å². The Kier molecular flexibility index (Phi) is 7.43. The van der Waals surface area contributed by atoms with Crippen molar-refractivity contribution in [1.29, 1.82) is 0 Å². The van der Waals surface area contributed by atoms with Crippen molar-refractivity contribution in [3.63, 3.8) is 0 Å². The molecule has 3 aromatic carbocycles. The Labute approximate surface area is 186 Å². The van der Waals surface area contributed by atoms with E-state index in [0.717, 1.165) is 15.5 Å². The normalized spacial score (nSPS) is 14.5. The molecule has 1 aliphatic heterocycles. The van der Waals surface area contributed by atoms with E-state index in [1.54, 1.807) is 24.3 Å². The number of thioether (sulfide) groups is 1. The molecule has 0 spiro atoms. The minimum Gasteiger partial charge on any atom is -0.388 e. The molecule has 3 aromatic rings. The van der Waals surface area contributed by atoms with Crippen LogP contribution in [0.1, 0.15) is 17.3 Å². The van der Waals surface area contributed by atoms with Crippen LogP contribution in [0.5, 0.6) is 0 Å². The van der Waals surface area contributed by atoms with Gasteiger partial charge in [-0.1, -0.05) is 18.2 Å². The first kappa shape index (κ1) is 21.8. The molecule has 1 unspecified atom stereocenters. The van der Waals surface area contributed by atoms with Gasteiger partial charge in [0.2, 0.25) is 5.91 Å². The van der Waals surface area contributed by atoms with E-state index in [0.29, 0.717) is 16.9 Å². The number of carbonyl (C=O) groups excluding carboxylic acids is 2. The van der Waals surface area contributed by atoms with Crippen molar-refractivity contribution in [1.82, 2.24) is 0 Å². The van der Waals surface area contributed by atoms with Crippen molar-refractivity contribution in [3.05, 3.63) is 78.4 Å². The summed E-state index contributed by atoms with van der Waals surface area (Å²) in [6.07, 6.45) is 0. The summed E-state index contributed by atoms with van der Waals surface area (Å²) < 4.78 is 0. The number of rotatable bonds is 3. The molecule has 3 N–H and O–H groups in total. The van der Waals surface area contributed by atoms with Crippen LogP contribution in [-0.4, -0.2) is 24.1 Å². The molecule has 1 aliphatic rings. The fourth-order valence-electron chi connectivity index (χ4n) is 2.70. The van der Waals surface area contributed by atoms with E-state index in [9.17, 15) is 9.59 Å². The highest BCUT2D eigenvalue weighted by molar-refractivity contribution is 8.00. The Morgan fingerprint density at radius 1 is 1.00 bits per heavy atom. The van der Waals surface area contributed by atoms with Gasteiger partial charge in [0, 0.05) is 33.8 Å². The predicted molar refractivity (Wildman–Crippen MR) is 128 cm³/mol. The largest absolute Gasteiger partial charge is 0.388 e. The Morgan fingerprint density at radius 2 is 1.70 bits per heavy atom. The lowest BCUT2D eigenvalue weighted by molar-refractivity contribution is -0.115. The third kappa shape index (κ3) is 5.81. The molecule has 1 heterocycles. The fourth-order valence-corrected chi connectivity index (χ4v) is 3.78. The maximum absolute atomic E-state index is 12.3. The maximum Gasteiger partial charge on any atom is 0.255 e. The van der Waals surface area contributed by atoms with Gasteiger partial charge in [0.15, 0.2) is 0 Å². The average molecular weight is 438 g/mol. The number of thiol groups is 1. The Bertz CT molecular complexity index is 1020. The minimum absolute atomic E-state index is 0.0422. The van der Waals surface area contributed by atoms with E-state index < -0.39 is 0 Å². The van der Waals surface area contributed by atoms with Crippen molar-refractivity contribution in [2.24, 2.45) is 0 Å². The number of amides is 2. The Balaban J connectivity index is 0.000000269. The SMILES string of the molecule is CC1Sc2ccc(C(=O)Nc3ccc(S)cc3)cc2NC1=O.CNc1ccccc1. The van der Waals surface area contributed by atoms with E-state index in [1.807, 2.05) is 62.5 Å². The summed E-state index contributed by atoms with van der Waals surface area (Å²) >= 11 is 5.70. The highest BCUT2D eigenvalue weighted by atomic mass is 32.2. The lowest BCUT2D eigenvalue weighted by atomic mass is 10.1. The molecule has 0 saturated heterocycles. The lowest BCUT2D eigenvalue weighted by Gasteiger charge is -2.21. The summed E-state index contributed by atoms with van der Waals surface area (Å²) in [4.78, 5) is 25.8. The molecule has 2 amide bonds. The first-order valence-corrected chi connectivity index (χ1v) is 10.7. The first-order chi connectivity index (χ1) is 14.5. The average Bonchev–Trinajstić information content (AvgIpc) is 2.77. The summed E-state index contributed by atoms with van der Waals surface area (Å²) in [7, 11) is 1.91. The zero-order valence-electron chi connectivity index (χ0n) is 16.7. The van der Waals surface area contributed by atoms with Gasteiger partial charge in [-0.15, -0.1) is 24.4 Å². The van der Waals surface area contributed by atoms with Crippen molar-refractivity contribution < 1.29 is 9.59 Å². The van der Waals surface area contributed by atoms with E-state index in [-0.39, 0.29) is 17.1 Å². The number of nitrogens with one attached hydrogen (secondary N) is 3. The van der Waals surface area contributed by atoms with E-state index >= 15 is 0 Å². The highest BCUT2D eigenvalue weighted by Gasteiger charge is 2.23. The van der Waals surface area contributed by atoms with Gasteiger partial charge in [-0.25, -0.2) is 0 Å². The second-order valence-electron chi connectivity index (χ2n) is 6.58. The van der Waals surface area contributed by atoms with Crippen LogP contribution in [0.15, 0.2) is 82.6 Å². The third-order valence-corrected chi connectivity index (χ3v) is 5.84. The summed E-state index contributed by atoms with van der Waals surface area (Å²) in [5, 5.41) is 8.55. The maximum atomic E-state index is 12.3. The van der Waals surface area contributed by atoms with Crippen LogP contribution >= 0.6 is 24.4 Å². The second kappa shape index (κ2) is 10.2. The number of fused-ring (bicyclic) bond motifs is 1. The smallest absolute Gasteiger partial charge is 0.255 e. The highest BCUT2D eigenvalue weighted by Crippen LogP contribution is 2.36. The molecule has 154 valence electrons. The molecule has 4 rings (SSSR count). The standard InChI is InChI=1S/C16H14N2O2S2.C7H9N/c1-9-15(19)18-13-8-10(2-7-14(13)22-9)16(20)17-11-3-5-12(21)6-4-11;1-8-7-5-3-2-4-6-7/h2-9,21H,1H3,(H,17,20)(H,18,19);2-6,8H,1H3. The van der Waals surface area contributed by atoms with E-state index in [1.165, 1.54) is 11.8 Å². The van der Waals surface area contributed by atoms with Crippen molar-refractivity contribution in [2.75, 3.05) is 23.0 Å². The summed E-state index contributed by atoms with van der Waals surface area (Å²) in [5.74, 6) is -0.257. The molecular weight excluding hydrogens is 414 g/mol. The summed E-state index contributed by atoms with van der Waals surface area (Å²) in [6, 6.07) is 22.6. The van der Waals surface area contributed by atoms with Gasteiger partial charge < -0.3 is 16.0 Å². The molecule has 0 fully saturated rings. The predicted octanol–water partition coefficient (Wildman–Crippen LogP) is 5.39. The number of para-hydroxylation sites is 1. The molecule has 0 aliphatic carbocycles. The molecule has 5 nitrogen and oxygen atoms in total. The van der Waals surface area contributed by atoms with Gasteiger partial charge in [0.1, 0.15) is 0 Å². The Hall–Kier alpha value is -2.90. The number of anilines is 3. The van der Waals surface area contributed by atoms with Crippen LogP contribution in [-0.2, 0) is 4.79 Å². The number of hydrogen-bond acceptors (Lipinski definition) is 5. The van der Waals surface area contributed by atoms with E-state index in [4.69, 9.17) is 0 Å². The molecule has 0 saturated carbocycles. The number of carbonyl (C=O) groups is 2. The zero-order valence-corrected chi connectivity index (χ0v) is 18.4. The molecule has 0 aromatic heterocycles. The third-order valence-electron chi connectivity index (χ3n) is 4.36. The monoisotopic (exact) mass is 437 g/mol. The molecular formula is C23H23N3O2S2. The summed E-state index contributed by atoms with van der Waals surface area (Å²) in [5.41, 5.74) is 3.05. The zero-order chi connectivity index (χ0) is 21.5. The van der Waals surface area contributed by atoms with Crippen LogP contribution in [0.25, 0.3) is 0 Å². The van der Waals surface area contributed by atoms with Gasteiger partial charge in [-0.05, 0) is 61.5 Å². The molecule has 1 atom stereocenters. The van der Waals surface area contributed by atoms with Crippen molar-refractivity contribution >= 4 is 53.3 Å². The number of hydrogen-bond donors (Lipinski definition) is 4. The number of benzene rings is 3. The van der Waals surface area contributed by atoms with Gasteiger partial charge in [0.05, 0.1) is 10.9 Å². The van der Waals surface area contributed by atoms with Gasteiger partial charge in [0.25, 0.3) is 5.91 Å². The first-order valence-electron chi connectivity index (χ1n) is 9.41. The molecule has 7 heteroatoms. The van der Waals surface area contributed by atoms with Crippen molar-refractivity contribution in [3.8, 4) is 0 Å². The fraction of sp³-hybridized carbons (Fsp3) is 0.130. The van der Waals surface area contributed by atoms with Gasteiger partial charge in [-0.2, -0.15) is 0 Å². The van der Waals surface area contributed by atoms with Crippen LogP contribution in [0.2, 0.25) is 0 Å². The quantitative estimate of drug-likeness (QED) is 0.415. The lowest BCUT2D eigenvalue weighted by Crippen LogP contribution is -2.26. The molecule has 0 bridgehead atoms. The topological polar surface area (TPSA) is 70.2 Å². The summed E-state index contributed by atoms with van der Waals surface area (Å²) in [6.45, 7) is 1.86. The minimum atomic E-state index is -0.215. The molecule has 0 radical (unpaired) electrons. The van der Waals surface area contributed by atoms with Crippen LogP contribution in [0, 0.1) is 0 Å². The van der Waals surface area contributed by atoms with Crippen LogP contribution < -0.4 is 16.0 Å². The van der Waals surface area contributed by atoms with E-state index in [2.05, 4.69) is 28.6 Å². The Morgan fingerprint density at radius 3 is 2.33 bits per heavy atom. The molecule has 30 heavy (non-hydrogen) atoms. The van der Waals surface area contributed by atoms with Crippen LogP contribution in [0.3, 0.4) is 0 Å². The second-order valence-corrected chi connectivity index (χ2v) is 8.48. The van der Waals surface area contributed by atoms with Gasteiger partial charge in [-0.3, -0.25) is 9.59 Å².